The third-order valence-corrected chi connectivity index (χ3v) is 4.33. The molecule has 6 heteroatoms. The summed E-state index contributed by atoms with van der Waals surface area (Å²) in [7, 11) is 0.361. The fourth-order valence-corrected chi connectivity index (χ4v) is 2.55. The maximum absolute atomic E-state index is 11.8. The minimum atomic E-state index is -1.20. The summed E-state index contributed by atoms with van der Waals surface area (Å²) in [4.78, 5) is 11.8. The van der Waals surface area contributed by atoms with E-state index in [4.69, 9.17) is 10.5 Å². The number of carbonyl (C=O) groups excluding carboxylic acids is 1. The van der Waals surface area contributed by atoms with Crippen LogP contribution in [0.15, 0.2) is 24.3 Å². The maximum Gasteiger partial charge on any atom is 0.237 e. The van der Waals surface area contributed by atoms with Gasteiger partial charge in [0, 0.05) is 27.8 Å². The number of nitrogens with two attached hydrogens (primary N) is 1. The Morgan fingerprint density at radius 3 is 2.89 bits per heavy atom. The zero-order valence-electron chi connectivity index (χ0n) is 11.2. The van der Waals surface area contributed by atoms with E-state index in [1.807, 2.05) is 6.92 Å². The summed E-state index contributed by atoms with van der Waals surface area (Å²) in [5.41, 5.74) is 6.04. The molecule has 0 fully saturated rings. The number of methoxy groups -OCH3 is 1. The van der Waals surface area contributed by atoms with E-state index < -0.39 is 10.8 Å². The molecule has 0 aliphatic carbocycles. The topological polar surface area (TPSA) is 81.4 Å². The van der Waals surface area contributed by atoms with Crippen molar-refractivity contribution in [2.75, 3.05) is 24.7 Å². The Kier molecular flexibility index (Phi) is 6.52. The maximum atomic E-state index is 11.8. The lowest BCUT2D eigenvalue weighted by Gasteiger charge is -2.10. The van der Waals surface area contributed by atoms with Gasteiger partial charge in [0.15, 0.2) is 0 Å². The minimum absolute atomic E-state index is 0.0155. The molecule has 2 atom stereocenters. The Hall–Kier alpha value is -1.40. The average Bonchev–Trinajstić information content (AvgIpc) is 2.39. The van der Waals surface area contributed by atoms with E-state index in [0.29, 0.717) is 24.4 Å². The van der Waals surface area contributed by atoms with Crippen molar-refractivity contribution < 1.29 is 13.7 Å². The van der Waals surface area contributed by atoms with Crippen LogP contribution in [0.1, 0.15) is 13.3 Å². The van der Waals surface area contributed by atoms with E-state index in [9.17, 15) is 9.00 Å². The number of benzene rings is 1. The summed E-state index contributed by atoms with van der Waals surface area (Å²) < 4.78 is 16.9. The fourth-order valence-electron chi connectivity index (χ4n) is 1.54. The molecule has 0 radical (unpaired) electrons. The van der Waals surface area contributed by atoms with Crippen LogP contribution < -0.4 is 15.8 Å². The Labute approximate surface area is 116 Å². The molecule has 19 heavy (non-hydrogen) atoms. The third-order valence-electron chi connectivity index (χ3n) is 2.65. The van der Waals surface area contributed by atoms with Crippen molar-refractivity contribution in [3.05, 3.63) is 24.3 Å². The second kappa shape index (κ2) is 7.91. The second-order valence-electron chi connectivity index (χ2n) is 4.19. The molecule has 0 aromatic heterocycles. The molecule has 0 aliphatic rings. The largest absolute Gasteiger partial charge is 0.497 e. The molecule has 2 unspecified atom stereocenters. The standard InChI is InChI=1S/C13H20N2O3S/c1-10(6-7-14)19(17)9-13(16)15-11-4-3-5-12(8-11)18-2/h3-5,8,10H,6-7,9,14H2,1-2H3,(H,15,16). The van der Waals surface area contributed by atoms with Gasteiger partial charge in [-0.3, -0.25) is 9.00 Å². The molecule has 106 valence electrons. The highest BCUT2D eigenvalue weighted by atomic mass is 32.2. The van der Waals surface area contributed by atoms with Crippen LogP contribution in [0.4, 0.5) is 5.69 Å². The molecule has 0 saturated heterocycles. The molecular weight excluding hydrogens is 264 g/mol. The van der Waals surface area contributed by atoms with Crippen LogP contribution in [0.2, 0.25) is 0 Å². The molecule has 1 aromatic carbocycles. The highest BCUT2D eigenvalue weighted by Crippen LogP contribution is 2.16. The van der Waals surface area contributed by atoms with Crippen molar-refractivity contribution in [2.45, 2.75) is 18.6 Å². The lowest BCUT2D eigenvalue weighted by atomic mass is 10.3. The quantitative estimate of drug-likeness (QED) is 0.786. The van der Waals surface area contributed by atoms with Crippen molar-refractivity contribution in [1.29, 1.82) is 0 Å². The van der Waals surface area contributed by atoms with Crippen LogP contribution in [0, 0.1) is 0 Å². The Bertz CT molecular complexity index is 451. The van der Waals surface area contributed by atoms with Gasteiger partial charge in [0.05, 0.1) is 7.11 Å². The first-order valence-electron chi connectivity index (χ1n) is 6.08. The van der Waals surface area contributed by atoms with E-state index in [1.165, 1.54) is 0 Å². The summed E-state index contributed by atoms with van der Waals surface area (Å²) in [6.07, 6.45) is 0.652. The van der Waals surface area contributed by atoms with E-state index in [-0.39, 0.29) is 16.9 Å². The van der Waals surface area contributed by atoms with Crippen LogP contribution in [0.5, 0.6) is 5.75 Å². The van der Waals surface area contributed by atoms with Crippen LogP contribution in [0.25, 0.3) is 0 Å². The molecule has 0 heterocycles. The Morgan fingerprint density at radius 2 is 2.26 bits per heavy atom. The summed E-state index contributed by atoms with van der Waals surface area (Å²) in [5.74, 6) is 0.379. The number of amides is 1. The van der Waals surface area contributed by atoms with Crippen molar-refractivity contribution in [2.24, 2.45) is 5.73 Å². The van der Waals surface area contributed by atoms with Crippen molar-refractivity contribution in [1.82, 2.24) is 0 Å². The number of nitrogens with one attached hydrogen (secondary N) is 1. The van der Waals surface area contributed by atoms with Gasteiger partial charge in [-0.1, -0.05) is 13.0 Å². The van der Waals surface area contributed by atoms with Gasteiger partial charge in [0.25, 0.3) is 0 Å². The zero-order chi connectivity index (χ0) is 14.3. The first-order valence-corrected chi connectivity index (χ1v) is 7.46. The van der Waals surface area contributed by atoms with Crippen molar-refractivity contribution >= 4 is 22.4 Å². The molecule has 1 rings (SSSR count). The summed E-state index contributed by atoms with van der Waals surface area (Å²) >= 11 is 0. The zero-order valence-corrected chi connectivity index (χ0v) is 12.0. The highest BCUT2D eigenvalue weighted by molar-refractivity contribution is 7.86. The SMILES string of the molecule is COc1cccc(NC(=O)CS(=O)C(C)CCN)c1. The summed E-state index contributed by atoms with van der Waals surface area (Å²) in [5, 5.41) is 2.63. The normalized spacial score (nSPS) is 13.6. The average molecular weight is 284 g/mol. The van der Waals surface area contributed by atoms with Gasteiger partial charge < -0.3 is 15.8 Å². The van der Waals surface area contributed by atoms with Gasteiger partial charge in [-0.2, -0.15) is 0 Å². The molecule has 0 spiro atoms. The number of rotatable bonds is 7. The molecule has 1 amide bonds. The third kappa shape index (κ3) is 5.40. The minimum Gasteiger partial charge on any atom is -0.497 e. The van der Waals surface area contributed by atoms with Crippen molar-refractivity contribution in [3.63, 3.8) is 0 Å². The second-order valence-corrected chi connectivity index (χ2v) is 6.05. The predicted octanol–water partition coefficient (Wildman–Crippen LogP) is 1.12. The highest BCUT2D eigenvalue weighted by Gasteiger charge is 2.14. The molecular formula is C13H20N2O3S. The molecule has 0 saturated carbocycles. The molecule has 1 aromatic rings. The first kappa shape index (κ1) is 15.7. The van der Waals surface area contributed by atoms with Crippen LogP contribution >= 0.6 is 0 Å². The number of anilines is 1. The molecule has 0 bridgehead atoms. The Balaban J connectivity index is 2.52. The lowest BCUT2D eigenvalue weighted by molar-refractivity contribution is -0.113. The fraction of sp³-hybridized carbons (Fsp3) is 0.462. The van der Waals surface area contributed by atoms with Gasteiger partial charge in [-0.05, 0) is 25.1 Å². The van der Waals surface area contributed by atoms with Gasteiger partial charge in [0.1, 0.15) is 11.5 Å². The van der Waals surface area contributed by atoms with Gasteiger partial charge in [0.2, 0.25) is 5.91 Å². The number of ether oxygens (including phenoxy) is 1. The van der Waals surface area contributed by atoms with E-state index in [0.717, 1.165) is 0 Å². The molecule has 3 N–H and O–H groups in total. The number of hydrogen-bond acceptors (Lipinski definition) is 4. The van der Waals surface area contributed by atoms with Gasteiger partial charge in [-0.15, -0.1) is 0 Å². The monoisotopic (exact) mass is 284 g/mol. The van der Waals surface area contributed by atoms with Crippen LogP contribution in [0.3, 0.4) is 0 Å². The smallest absolute Gasteiger partial charge is 0.237 e. The van der Waals surface area contributed by atoms with Gasteiger partial charge >= 0.3 is 0 Å². The lowest BCUT2D eigenvalue weighted by Crippen LogP contribution is -2.26. The molecule has 5 nitrogen and oxygen atoms in total. The van der Waals surface area contributed by atoms with Crippen LogP contribution in [-0.2, 0) is 15.6 Å². The van der Waals surface area contributed by atoms with Crippen LogP contribution in [-0.4, -0.2) is 34.8 Å². The Morgan fingerprint density at radius 1 is 1.53 bits per heavy atom. The molecule has 0 aliphatic heterocycles. The van der Waals surface area contributed by atoms with Crippen molar-refractivity contribution in [3.8, 4) is 5.75 Å². The first-order chi connectivity index (χ1) is 9.06. The predicted molar refractivity (Wildman–Crippen MR) is 77.8 cm³/mol. The van der Waals surface area contributed by atoms with E-state index in [1.54, 1.807) is 31.4 Å². The van der Waals surface area contributed by atoms with E-state index >= 15 is 0 Å². The van der Waals surface area contributed by atoms with Gasteiger partial charge in [-0.25, -0.2) is 0 Å². The summed E-state index contributed by atoms with van der Waals surface area (Å²) in [6.45, 7) is 2.31. The number of carbonyl (C=O) groups is 1. The summed E-state index contributed by atoms with van der Waals surface area (Å²) in [6, 6.07) is 7.04. The number of hydrogen-bond donors (Lipinski definition) is 2. The van der Waals surface area contributed by atoms with E-state index in [2.05, 4.69) is 5.32 Å².